The van der Waals surface area contributed by atoms with Crippen molar-refractivity contribution in [3.8, 4) is 11.4 Å². The van der Waals surface area contributed by atoms with Crippen LogP contribution in [0.3, 0.4) is 0 Å². The van der Waals surface area contributed by atoms with Gasteiger partial charge in [0.2, 0.25) is 5.82 Å². The van der Waals surface area contributed by atoms with Gasteiger partial charge in [-0.05, 0) is 22.0 Å². The van der Waals surface area contributed by atoms with E-state index >= 15 is 0 Å². The van der Waals surface area contributed by atoms with Crippen molar-refractivity contribution in [1.29, 1.82) is 0 Å². The number of nitrogens with two attached hydrogens (primary N) is 1. The molecular formula is C10H11BrN4O2. The number of aromatic nitrogens is 3. The van der Waals surface area contributed by atoms with Crippen LogP contribution in [0, 0.1) is 0 Å². The molecule has 17 heavy (non-hydrogen) atoms. The van der Waals surface area contributed by atoms with E-state index in [-0.39, 0.29) is 12.6 Å². The molecular weight excluding hydrogens is 288 g/mol. The zero-order valence-corrected chi connectivity index (χ0v) is 10.7. The number of rotatable bonds is 4. The maximum Gasteiger partial charge on any atom is 0.257 e. The van der Waals surface area contributed by atoms with Gasteiger partial charge in [-0.2, -0.15) is 4.98 Å². The van der Waals surface area contributed by atoms with Crippen LogP contribution in [0.4, 0.5) is 0 Å². The Morgan fingerprint density at radius 2 is 2.35 bits per heavy atom. The third-order valence-corrected chi connectivity index (χ3v) is 2.61. The number of methoxy groups -OCH3 is 1. The molecule has 0 saturated carbocycles. The molecule has 0 bridgehead atoms. The van der Waals surface area contributed by atoms with Crippen LogP contribution in [0.1, 0.15) is 12.0 Å². The van der Waals surface area contributed by atoms with E-state index in [0.717, 1.165) is 10.0 Å². The van der Waals surface area contributed by atoms with Crippen molar-refractivity contribution in [3.63, 3.8) is 0 Å². The summed E-state index contributed by atoms with van der Waals surface area (Å²) in [4.78, 5) is 8.25. The minimum absolute atomic E-state index is 0.287. The van der Waals surface area contributed by atoms with E-state index in [1.165, 1.54) is 0 Å². The lowest BCUT2D eigenvalue weighted by atomic mass is 10.3. The summed E-state index contributed by atoms with van der Waals surface area (Å²) < 4.78 is 11.1. The number of hydrogen-bond acceptors (Lipinski definition) is 6. The molecule has 2 N–H and O–H groups in total. The van der Waals surface area contributed by atoms with Crippen LogP contribution in [-0.2, 0) is 4.74 Å². The highest BCUT2D eigenvalue weighted by molar-refractivity contribution is 9.10. The molecule has 2 aromatic heterocycles. The third kappa shape index (κ3) is 2.68. The van der Waals surface area contributed by atoms with Gasteiger partial charge < -0.3 is 15.0 Å². The molecule has 0 saturated heterocycles. The number of pyridine rings is 1. The van der Waals surface area contributed by atoms with Gasteiger partial charge in [0, 0.05) is 36.1 Å². The molecule has 0 amide bonds. The van der Waals surface area contributed by atoms with Crippen LogP contribution in [0.5, 0.6) is 0 Å². The molecule has 2 heterocycles. The van der Waals surface area contributed by atoms with Crippen molar-refractivity contribution in [2.45, 2.75) is 6.10 Å². The average molecular weight is 299 g/mol. The van der Waals surface area contributed by atoms with Gasteiger partial charge in [0.25, 0.3) is 5.89 Å². The van der Waals surface area contributed by atoms with Gasteiger partial charge in [0.1, 0.15) is 6.10 Å². The Hall–Kier alpha value is -1.31. The highest BCUT2D eigenvalue weighted by Crippen LogP contribution is 2.21. The van der Waals surface area contributed by atoms with Crippen molar-refractivity contribution < 1.29 is 9.26 Å². The topological polar surface area (TPSA) is 87.1 Å². The number of ether oxygens (including phenoxy) is 1. The molecule has 1 unspecified atom stereocenters. The predicted octanol–water partition coefficient (Wildman–Crippen LogP) is 1.54. The van der Waals surface area contributed by atoms with Crippen LogP contribution < -0.4 is 5.73 Å². The van der Waals surface area contributed by atoms with Crippen LogP contribution in [-0.4, -0.2) is 28.8 Å². The summed E-state index contributed by atoms with van der Waals surface area (Å²) in [5.74, 6) is 0.828. The van der Waals surface area contributed by atoms with Gasteiger partial charge in [0.15, 0.2) is 0 Å². The van der Waals surface area contributed by atoms with Crippen molar-refractivity contribution in [3.05, 3.63) is 28.8 Å². The lowest BCUT2D eigenvalue weighted by Crippen LogP contribution is -2.14. The minimum atomic E-state index is -0.378. The average Bonchev–Trinajstić information content (AvgIpc) is 2.80. The molecule has 2 rings (SSSR count). The highest BCUT2D eigenvalue weighted by atomic mass is 79.9. The molecule has 0 radical (unpaired) electrons. The molecule has 0 aliphatic rings. The molecule has 0 spiro atoms. The second-order valence-corrected chi connectivity index (χ2v) is 4.22. The highest BCUT2D eigenvalue weighted by Gasteiger charge is 2.17. The first-order valence-corrected chi connectivity index (χ1v) is 5.71. The van der Waals surface area contributed by atoms with Gasteiger partial charge >= 0.3 is 0 Å². The zero-order chi connectivity index (χ0) is 12.3. The van der Waals surface area contributed by atoms with E-state index in [2.05, 4.69) is 31.1 Å². The molecule has 0 aliphatic heterocycles. The van der Waals surface area contributed by atoms with Crippen LogP contribution in [0.25, 0.3) is 11.4 Å². The monoisotopic (exact) mass is 298 g/mol. The van der Waals surface area contributed by atoms with Crippen LogP contribution >= 0.6 is 15.9 Å². The fourth-order valence-electron chi connectivity index (χ4n) is 1.32. The van der Waals surface area contributed by atoms with Crippen molar-refractivity contribution in [2.24, 2.45) is 5.73 Å². The van der Waals surface area contributed by atoms with Gasteiger partial charge in [0.05, 0.1) is 0 Å². The summed E-state index contributed by atoms with van der Waals surface area (Å²) >= 11 is 3.33. The van der Waals surface area contributed by atoms with E-state index in [9.17, 15) is 0 Å². The van der Waals surface area contributed by atoms with Crippen LogP contribution in [0.2, 0.25) is 0 Å². The maximum atomic E-state index is 5.51. The van der Waals surface area contributed by atoms with Crippen molar-refractivity contribution in [2.75, 3.05) is 13.7 Å². The van der Waals surface area contributed by atoms with Gasteiger partial charge in [-0.15, -0.1) is 0 Å². The Kier molecular flexibility index (Phi) is 3.82. The third-order valence-electron chi connectivity index (χ3n) is 2.18. The fourth-order valence-corrected chi connectivity index (χ4v) is 1.68. The SMILES string of the molecule is COC(CN)c1nc(-c2cncc(Br)c2)no1. The number of nitrogens with zero attached hydrogens (tertiary/aromatic N) is 3. The molecule has 0 aromatic carbocycles. The summed E-state index contributed by atoms with van der Waals surface area (Å²) in [7, 11) is 1.54. The zero-order valence-electron chi connectivity index (χ0n) is 9.13. The normalized spacial score (nSPS) is 12.6. The summed E-state index contributed by atoms with van der Waals surface area (Å²) in [5, 5.41) is 3.86. The molecule has 90 valence electrons. The second-order valence-electron chi connectivity index (χ2n) is 3.31. The summed E-state index contributed by atoms with van der Waals surface area (Å²) in [6.07, 6.45) is 2.96. The lowest BCUT2D eigenvalue weighted by molar-refractivity contribution is 0.0804. The molecule has 0 aliphatic carbocycles. The Bertz CT molecular complexity index is 499. The van der Waals surface area contributed by atoms with E-state index in [4.69, 9.17) is 15.0 Å². The quantitative estimate of drug-likeness (QED) is 0.921. The maximum absolute atomic E-state index is 5.51. The van der Waals surface area contributed by atoms with E-state index in [0.29, 0.717) is 11.7 Å². The van der Waals surface area contributed by atoms with E-state index < -0.39 is 0 Å². The predicted molar refractivity (Wildman–Crippen MR) is 64.0 cm³/mol. The van der Waals surface area contributed by atoms with Crippen molar-refractivity contribution >= 4 is 15.9 Å². The molecule has 7 heteroatoms. The minimum Gasteiger partial charge on any atom is -0.370 e. The molecule has 1 atom stereocenters. The lowest BCUT2D eigenvalue weighted by Gasteiger charge is -2.05. The summed E-state index contributed by atoms with van der Waals surface area (Å²) in [5.41, 5.74) is 6.28. The Morgan fingerprint density at radius 1 is 1.53 bits per heavy atom. The number of hydrogen-bond donors (Lipinski definition) is 1. The van der Waals surface area contributed by atoms with Crippen molar-refractivity contribution in [1.82, 2.24) is 15.1 Å². The second kappa shape index (κ2) is 5.35. The number of halogens is 1. The van der Waals surface area contributed by atoms with Gasteiger partial charge in [-0.1, -0.05) is 5.16 Å². The fraction of sp³-hybridized carbons (Fsp3) is 0.300. The standard InChI is InChI=1S/C10H11BrN4O2/c1-16-8(3-12)10-14-9(15-17-10)6-2-7(11)5-13-4-6/h2,4-5,8H,3,12H2,1H3. The Morgan fingerprint density at radius 3 is 3.00 bits per heavy atom. The first kappa shape index (κ1) is 12.2. The summed E-state index contributed by atoms with van der Waals surface area (Å²) in [6, 6.07) is 1.85. The Labute approximate surface area is 106 Å². The molecule has 2 aromatic rings. The first-order chi connectivity index (χ1) is 8.24. The molecule has 0 fully saturated rings. The first-order valence-electron chi connectivity index (χ1n) is 4.92. The summed E-state index contributed by atoms with van der Waals surface area (Å²) in [6.45, 7) is 0.287. The van der Waals surface area contributed by atoms with Gasteiger partial charge in [-0.25, -0.2) is 0 Å². The molecule has 6 nitrogen and oxygen atoms in total. The van der Waals surface area contributed by atoms with E-state index in [1.54, 1.807) is 19.5 Å². The largest absolute Gasteiger partial charge is 0.370 e. The Balaban J connectivity index is 2.29. The smallest absolute Gasteiger partial charge is 0.257 e. The van der Waals surface area contributed by atoms with E-state index in [1.807, 2.05) is 6.07 Å². The van der Waals surface area contributed by atoms with Gasteiger partial charge in [-0.3, -0.25) is 4.98 Å². The van der Waals surface area contributed by atoms with Crippen LogP contribution in [0.15, 0.2) is 27.5 Å².